The van der Waals surface area contributed by atoms with Crippen LogP contribution >= 0.6 is 0 Å². The van der Waals surface area contributed by atoms with E-state index >= 15 is 0 Å². The fraction of sp³-hybridized carbons (Fsp3) is 0.767. The van der Waals surface area contributed by atoms with Gasteiger partial charge in [0.2, 0.25) is 27.6 Å². The number of carbonyl (C=O) groups is 5. The van der Waals surface area contributed by atoms with Gasteiger partial charge in [0.1, 0.15) is 12.1 Å². The molecule has 0 aromatic heterocycles. The average molecular weight is 639 g/mol. The van der Waals surface area contributed by atoms with Gasteiger partial charge in [-0.15, -0.1) is 0 Å². The minimum Gasteiger partial charge on any atom is -0.353 e. The zero-order chi connectivity index (χ0) is 33.2. The Hall–Kier alpha value is -3.00. The molecular formula is C30H50N6O7S. The number of nitrogens with one attached hydrogen (secondary N) is 4. The topological polar surface area (TPSA) is 174 Å². The van der Waals surface area contributed by atoms with Gasteiger partial charge < -0.3 is 26.2 Å². The largest absolute Gasteiger partial charge is 0.353 e. The van der Waals surface area contributed by atoms with Crippen molar-refractivity contribution in [1.29, 1.82) is 0 Å². The second kappa shape index (κ2) is 13.6. The molecule has 14 heteroatoms. The highest BCUT2D eigenvalue weighted by Gasteiger charge is 2.52. The van der Waals surface area contributed by atoms with Crippen molar-refractivity contribution in [3.8, 4) is 0 Å². The molecular weight excluding hydrogens is 588 g/mol. The highest BCUT2D eigenvalue weighted by Crippen LogP contribution is 2.40. The predicted molar refractivity (Wildman–Crippen MR) is 166 cm³/mol. The first kappa shape index (κ1) is 35.5. The van der Waals surface area contributed by atoms with Crippen LogP contribution in [0, 0.1) is 22.7 Å². The smallest absolute Gasteiger partial charge is 0.315 e. The van der Waals surface area contributed by atoms with E-state index in [0.717, 1.165) is 0 Å². The fourth-order valence-electron chi connectivity index (χ4n) is 5.89. The zero-order valence-electron chi connectivity index (χ0n) is 27.2. The average Bonchev–Trinajstić information content (AvgIpc) is 3.37. The van der Waals surface area contributed by atoms with Gasteiger partial charge in [-0.25, -0.2) is 13.2 Å². The quantitative estimate of drug-likeness (QED) is 0.191. The van der Waals surface area contributed by atoms with E-state index in [1.165, 1.54) is 16.3 Å². The molecule has 248 valence electrons. The van der Waals surface area contributed by atoms with Crippen molar-refractivity contribution in [2.24, 2.45) is 22.7 Å². The van der Waals surface area contributed by atoms with Crippen molar-refractivity contribution in [2.75, 3.05) is 32.4 Å². The van der Waals surface area contributed by atoms with Crippen molar-refractivity contribution in [3.63, 3.8) is 0 Å². The third kappa shape index (κ3) is 7.98. The fourth-order valence-corrected chi connectivity index (χ4v) is 7.42. The number of urea groups is 1. The summed E-state index contributed by atoms with van der Waals surface area (Å²) in [6.45, 7) is 13.8. The first-order chi connectivity index (χ1) is 20.3. The Morgan fingerprint density at radius 3 is 2.09 bits per heavy atom. The van der Waals surface area contributed by atoms with Crippen LogP contribution in [0.1, 0.15) is 67.7 Å². The Kier molecular flexibility index (Phi) is 10.9. The molecule has 5 amide bonds. The monoisotopic (exact) mass is 638 g/mol. The third-order valence-electron chi connectivity index (χ3n) is 8.72. The van der Waals surface area contributed by atoms with E-state index in [2.05, 4.69) is 21.3 Å². The van der Waals surface area contributed by atoms with E-state index in [-0.39, 0.29) is 37.1 Å². The summed E-state index contributed by atoms with van der Waals surface area (Å²) in [6, 6.07) is -4.11. The molecule has 2 saturated heterocycles. The molecule has 2 aliphatic heterocycles. The van der Waals surface area contributed by atoms with Gasteiger partial charge in [0.15, 0.2) is 0 Å². The minimum absolute atomic E-state index is 0.0453. The molecule has 1 aliphatic carbocycles. The summed E-state index contributed by atoms with van der Waals surface area (Å²) in [5.41, 5.74) is -1.24. The first-order valence-electron chi connectivity index (χ1n) is 15.4. The number of fused-ring (bicyclic) bond motifs is 1. The van der Waals surface area contributed by atoms with Crippen LogP contribution in [0.4, 0.5) is 4.79 Å². The number of likely N-dealkylation sites (tertiary alicyclic amines) is 1. The Balaban J connectivity index is 1.80. The number of nitrogens with zero attached hydrogens (tertiary/aromatic N) is 2. The standard InChI is InChI=1S/C30H50N6O7S/c1-9-11-20(23(37)26(39)31-8)32-25(38)22-19-13-12-18(19)16-36(22)27(40)24(30(5,6)7)34-28(41)33-21(29(2,3)4)17-35-14-10-15-44(35,42)43/h12-13,18-22,24H,9-11,14-17H2,1-8H3,(H,31,39)(H,32,38)(H2,33,34,41)/t18-,19-,20?,21+,22-,24+/m0/s1. The third-order valence-corrected chi connectivity index (χ3v) is 10.6. The molecule has 0 aromatic carbocycles. The molecule has 0 radical (unpaired) electrons. The van der Waals surface area contributed by atoms with Gasteiger partial charge in [0.25, 0.3) is 5.91 Å². The van der Waals surface area contributed by atoms with E-state index in [1.807, 2.05) is 60.6 Å². The van der Waals surface area contributed by atoms with Crippen LogP contribution in [-0.4, -0.2) is 104 Å². The lowest BCUT2D eigenvalue weighted by atomic mass is 9.80. The Morgan fingerprint density at radius 1 is 0.955 bits per heavy atom. The van der Waals surface area contributed by atoms with E-state index in [0.29, 0.717) is 19.4 Å². The highest BCUT2D eigenvalue weighted by atomic mass is 32.2. The molecule has 6 atom stereocenters. The molecule has 2 fully saturated rings. The Labute approximate surface area is 261 Å². The second-order valence-electron chi connectivity index (χ2n) is 14.2. The van der Waals surface area contributed by atoms with Gasteiger partial charge in [-0.2, -0.15) is 4.31 Å². The normalized spacial score (nSPS) is 24.8. The van der Waals surface area contributed by atoms with Gasteiger partial charge in [-0.05, 0) is 23.7 Å². The lowest BCUT2D eigenvalue weighted by Gasteiger charge is -2.38. The summed E-state index contributed by atoms with van der Waals surface area (Å²) in [5, 5.41) is 10.8. The molecule has 44 heavy (non-hydrogen) atoms. The van der Waals surface area contributed by atoms with Crippen LogP contribution < -0.4 is 21.3 Å². The number of carbonyl (C=O) groups excluding carboxylic acids is 5. The summed E-state index contributed by atoms with van der Waals surface area (Å²) in [4.78, 5) is 67.4. The summed E-state index contributed by atoms with van der Waals surface area (Å²) in [5.74, 6) is -2.74. The SMILES string of the molecule is CCCC(NC(=O)[C@@H]1[C@H]2C=C[C@H]2CN1C(=O)[C@@H](NC(=O)N[C@H](CN1CCCS1(=O)=O)C(C)(C)C)C(C)(C)C)C(=O)C(=O)NC. The van der Waals surface area contributed by atoms with Crippen LogP contribution in [-0.2, 0) is 29.2 Å². The van der Waals surface area contributed by atoms with Crippen LogP contribution in [0.25, 0.3) is 0 Å². The molecule has 2 heterocycles. The maximum atomic E-state index is 14.2. The lowest BCUT2D eigenvalue weighted by Crippen LogP contribution is -2.62. The van der Waals surface area contributed by atoms with Gasteiger partial charge in [0.05, 0.1) is 11.8 Å². The number of likely N-dealkylation sites (N-methyl/N-ethyl adjacent to an activating group) is 1. The molecule has 13 nitrogen and oxygen atoms in total. The number of Topliss-reactive ketones (excluding diaryl/α,β-unsaturated/α-hetero) is 1. The number of rotatable bonds is 11. The van der Waals surface area contributed by atoms with E-state index in [9.17, 15) is 32.4 Å². The van der Waals surface area contributed by atoms with Crippen molar-refractivity contribution >= 4 is 39.6 Å². The molecule has 4 N–H and O–H groups in total. The second-order valence-corrected chi connectivity index (χ2v) is 16.3. The molecule has 0 spiro atoms. The number of hydrogen-bond acceptors (Lipinski definition) is 7. The van der Waals surface area contributed by atoms with E-state index in [4.69, 9.17) is 0 Å². The molecule has 0 saturated carbocycles. The van der Waals surface area contributed by atoms with Gasteiger partial charge in [-0.1, -0.05) is 67.0 Å². The predicted octanol–water partition coefficient (Wildman–Crippen LogP) is 0.764. The summed E-state index contributed by atoms with van der Waals surface area (Å²) in [6.07, 6.45) is 5.15. The van der Waals surface area contributed by atoms with Crippen molar-refractivity contribution in [2.45, 2.75) is 91.9 Å². The molecule has 0 aromatic rings. The maximum Gasteiger partial charge on any atom is 0.315 e. The van der Waals surface area contributed by atoms with Crippen LogP contribution in [0.5, 0.6) is 0 Å². The lowest BCUT2D eigenvalue weighted by molar-refractivity contribution is -0.144. The summed E-state index contributed by atoms with van der Waals surface area (Å²) in [7, 11) is -2.03. The van der Waals surface area contributed by atoms with Gasteiger partial charge in [0, 0.05) is 44.6 Å². The Morgan fingerprint density at radius 2 is 1.61 bits per heavy atom. The van der Waals surface area contributed by atoms with E-state index in [1.54, 1.807) is 0 Å². The molecule has 0 bridgehead atoms. The van der Waals surface area contributed by atoms with Crippen LogP contribution in [0.3, 0.4) is 0 Å². The number of amides is 5. The minimum atomic E-state index is -3.38. The highest BCUT2D eigenvalue weighted by molar-refractivity contribution is 7.89. The number of sulfonamides is 1. The molecule has 3 rings (SSSR count). The van der Waals surface area contributed by atoms with Crippen LogP contribution in [0.15, 0.2) is 12.2 Å². The first-order valence-corrected chi connectivity index (χ1v) is 17.0. The van der Waals surface area contributed by atoms with E-state index < -0.39 is 74.6 Å². The van der Waals surface area contributed by atoms with Crippen molar-refractivity contribution < 1.29 is 32.4 Å². The van der Waals surface area contributed by atoms with Crippen molar-refractivity contribution in [1.82, 2.24) is 30.5 Å². The summed E-state index contributed by atoms with van der Waals surface area (Å²) < 4.78 is 26.3. The van der Waals surface area contributed by atoms with Crippen molar-refractivity contribution in [3.05, 3.63) is 12.2 Å². The number of hydrogen-bond donors (Lipinski definition) is 4. The zero-order valence-corrected chi connectivity index (χ0v) is 28.0. The number of ketones is 1. The molecule has 1 unspecified atom stereocenters. The summed E-state index contributed by atoms with van der Waals surface area (Å²) >= 11 is 0. The molecule has 3 aliphatic rings. The van der Waals surface area contributed by atoms with Crippen LogP contribution in [0.2, 0.25) is 0 Å². The maximum absolute atomic E-state index is 14.2. The van der Waals surface area contributed by atoms with Gasteiger partial charge >= 0.3 is 6.03 Å². The van der Waals surface area contributed by atoms with Gasteiger partial charge in [-0.3, -0.25) is 19.2 Å². The Bertz CT molecular complexity index is 1270.